The highest BCUT2D eigenvalue weighted by Gasteiger charge is 2.13. The van der Waals surface area contributed by atoms with E-state index >= 15 is 0 Å². The molecule has 0 atom stereocenters. The van der Waals surface area contributed by atoms with Crippen molar-refractivity contribution in [2.45, 2.75) is 40.0 Å². The van der Waals surface area contributed by atoms with Crippen molar-refractivity contribution in [2.75, 3.05) is 0 Å². The van der Waals surface area contributed by atoms with Gasteiger partial charge in [0.15, 0.2) is 6.61 Å². The van der Waals surface area contributed by atoms with E-state index in [1.807, 2.05) is 45.0 Å². The Morgan fingerprint density at radius 1 is 1.10 bits per heavy atom. The van der Waals surface area contributed by atoms with Crippen molar-refractivity contribution in [1.29, 1.82) is 0 Å². The molecule has 8 nitrogen and oxygen atoms in total. The molecule has 156 valence electrons. The second kappa shape index (κ2) is 9.69. The molecule has 3 rings (SSSR count). The summed E-state index contributed by atoms with van der Waals surface area (Å²) in [7, 11) is 0. The number of esters is 1. The number of aryl methyl sites for hydroxylation is 1. The van der Waals surface area contributed by atoms with Gasteiger partial charge in [0.2, 0.25) is 5.89 Å². The highest BCUT2D eigenvalue weighted by molar-refractivity contribution is 5.89. The fourth-order valence-corrected chi connectivity index (χ4v) is 2.67. The number of urea groups is 1. The van der Waals surface area contributed by atoms with Gasteiger partial charge in [0.25, 0.3) is 5.89 Å². The third kappa shape index (κ3) is 5.91. The van der Waals surface area contributed by atoms with E-state index in [1.165, 1.54) is 0 Å². The van der Waals surface area contributed by atoms with E-state index in [-0.39, 0.29) is 24.6 Å². The summed E-state index contributed by atoms with van der Waals surface area (Å²) in [5.74, 6) is 0.0994. The lowest BCUT2D eigenvalue weighted by molar-refractivity contribution is 0.0438. The van der Waals surface area contributed by atoms with E-state index in [9.17, 15) is 9.59 Å². The van der Waals surface area contributed by atoms with Gasteiger partial charge in [0, 0.05) is 18.2 Å². The smallest absolute Gasteiger partial charge is 0.338 e. The van der Waals surface area contributed by atoms with Crippen LogP contribution < -0.4 is 10.6 Å². The molecule has 2 aromatic carbocycles. The van der Waals surface area contributed by atoms with Crippen LogP contribution in [0.2, 0.25) is 0 Å². The van der Waals surface area contributed by atoms with Gasteiger partial charge in [-0.05, 0) is 50.6 Å². The second-order valence-electron chi connectivity index (χ2n) is 7.13. The predicted octanol–water partition coefficient (Wildman–Crippen LogP) is 3.61. The first-order valence-electron chi connectivity index (χ1n) is 9.60. The number of nitrogens with zero attached hydrogens (tertiary/aromatic N) is 2. The molecule has 0 saturated heterocycles. The van der Waals surface area contributed by atoms with Gasteiger partial charge in [-0.25, -0.2) is 9.59 Å². The predicted molar refractivity (Wildman–Crippen MR) is 111 cm³/mol. The maximum absolute atomic E-state index is 12.2. The van der Waals surface area contributed by atoms with Crippen LogP contribution in [-0.4, -0.2) is 28.2 Å². The van der Waals surface area contributed by atoms with Gasteiger partial charge in [0.05, 0.1) is 5.56 Å². The Bertz CT molecular complexity index is 1010. The Hall–Kier alpha value is -3.68. The highest BCUT2D eigenvalue weighted by atomic mass is 16.5. The van der Waals surface area contributed by atoms with Gasteiger partial charge < -0.3 is 19.8 Å². The van der Waals surface area contributed by atoms with E-state index < -0.39 is 5.97 Å². The van der Waals surface area contributed by atoms with E-state index in [0.29, 0.717) is 18.0 Å². The molecule has 0 fully saturated rings. The SMILES string of the molecule is Cc1cccc(-c2nnc(COC(=O)c3ccc(CNC(=O)NC(C)C)cc3)o2)c1. The number of carbonyl (C=O) groups excluding carboxylic acids is 2. The van der Waals surface area contributed by atoms with E-state index in [0.717, 1.165) is 16.7 Å². The zero-order chi connectivity index (χ0) is 21.5. The summed E-state index contributed by atoms with van der Waals surface area (Å²) >= 11 is 0. The van der Waals surface area contributed by atoms with Crippen molar-refractivity contribution in [2.24, 2.45) is 0 Å². The van der Waals surface area contributed by atoms with Crippen LogP contribution in [0.3, 0.4) is 0 Å². The van der Waals surface area contributed by atoms with Crippen molar-refractivity contribution < 1.29 is 18.7 Å². The average molecular weight is 408 g/mol. The number of benzene rings is 2. The summed E-state index contributed by atoms with van der Waals surface area (Å²) in [6.45, 7) is 5.99. The van der Waals surface area contributed by atoms with Crippen molar-refractivity contribution in [3.05, 3.63) is 71.1 Å². The third-order valence-corrected chi connectivity index (χ3v) is 4.12. The lowest BCUT2D eigenvalue weighted by Crippen LogP contribution is -2.39. The first kappa shape index (κ1) is 21.0. The van der Waals surface area contributed by atoms with Crippen LogP contribution in [0.25, 0.3) is 11.5 Å². The van der Waals surface area contributed by atoms with Crippen LogP contribution >= 0.6 is 0 Å². The normalized spacial score (nSPS) is 10.7. The Kier molecular flexibility index (Phi) is 6.79. The quantitative estimate of drug-likeness (QED) is 0.579. The van der Waals surface area contributed by atoms with Gasteiger partial charge in [-0.3, -0.25) is 0 Å². The Morgan fingerprint density at radius 2 is 1.87 bits per heavy atom. The average Bonchev–Trinajstić information content (AvgIpc) is 3.19. The molecule has 0 aliphatic carbocycles. The van der Waals surface area contributed by atoms with Crippen LogP contribution in [0.15, 0.2) is 52.9 Å². The molecule has 1 heterocycles. The van der Waals surface area contributed by atoms with E-state index in [2.05, 4.69) is 20.8 Å². The molecule has 0 spiro atoms. The molecule has 0 aliphatic rings. The number of rotatable bonds is 7. The molecule has 3 aromatic rings. The number of hydrogen-bond donors (Lipinski definition) is 2. The zero-order valence-corrected chi connectivity index (χ0v) is 17.1. The molecule has 0 unspecified atom stereocenters. The number of ether oxygens (including phenoxy) is 1. The third-order valence-electron chi connectivity index (χ3n) is 4.12. The molecule has 0 aliphatic heterocycles. The largest absolute Gasteiger partial charge is 0.452 e. The van der Waals surface area contributed by atoms with Crippen molar-refractivity contribution in [3.8, 4) is 11.5 Å². The van der Waals surface area contributed by atoms with Gasteiger partial charge in [-0.15, -0.1) is 10.2 Å². The number of aromatic nitrogens is 2. The molecular formula is C22H24N4O4. The monoisotopic (exact) mass is 408 g/mol. The summed E-state index contributed by atoms with van der Waals surface area (Å²) in [5, 5.41) is 13.4. The molecule has 2 amide bonds. The fraction of sp³-hybridized carbons (Fsp3) is 0.273. The molecule has 30 heavy (non-hydrogen) atoms. The lowest BCUT2D eigenvalue weighted by Gasteiger charge is -2.10. The number of hydrogen-bond acceptors (Lipinski definition) is 6. The molecule has 0 radical (unpaired) electrons. The number of amides is 2. The first-order chi connectivity index (χ1) is 14.4. The first-order valence-corrected chi connectivity index (χ1v) is 9.60. The van der Waals surface area contributed by atoms with Gasteiger partial charge >= 0.3 is 12.0 Å². The van der Waals surface area contributed by atoms with Crippen molar-refractivity contribution >= 4 is 12.0 Å². The van der Waals surface area contributed by atoms with Crippen LogP contribution in [0.5, 0.6) is 0 Å². The van der Waals surface area contributed by atoms with Gasteiger partial charge in [0.1, 0.15) is 0 Å². The maximum Gasteiger partial charge on any atom is 0.338 e. The maximum atomic E-state index is 12.2. The second-order valence-corrected chi connectivity index (χ2v) is 7.13. The summed E-state index contributed by atoms with van der Waals surface area (Å²) < 4.78 is 10.8. The van der Waals surface area contributed by atoms with Crippen LogP contribution in [0.4, 0.5) is 4.79 Å². The zero-order valence-electron chi connectivity index (χ0n) is 17.1. The van der Waals surface area contributed by atoms with E-state index in [1.54, 1.807) is 24.3 Å². The number of nitrogens with one attached hydrogen (secondary N) is 2. The summed E-state index contributed by atoms with van der Waals surface area (Å²) in [4.78, 5) is 23.9. The topological polar surface area (TPSA) is 106 Å². The van der Waals surface area contributed by atoms with E-state index in [4.69, 9.17) is 9.15 Å². The minimum absolute atomic E-state index is 0.0638. The minimum Gasteiger partial charge on any atom is -0.452 e. The van der Waals surface area contributed by atoms with Gasteiger partial charge in [-0.2, -0.15) is 0 Å². The standard InChI is InChI=1S/C22H24N4O4/c1-14(2)24-22(28)23-12-16-7-9-17(10-8-16)21(27)29-13-19-25-26-20(30-19)18-6-4-5-15(3)11-18/h4-11,14H,12-13H2,1-3H3,(H2,23,24,28). The fourth-order valence-electron chi connectivity index (χ4n) is 2.67. The molecule has 2 N–H and O–H groups in total. The van der Waals surface area contributed by atoms with Crippen molar-refractivity contribution in [3.63, 3.8) is 0 Å². The van der Waals surface area contributed by atoms with Crippen LogP contribution in [0, 0.1) is 6.92 Å². The van der Waals surface area contributed by atoms with Crippen molar-refractivity contribution in [1.82, 2.24) is 20.8 Å². The Morgan fingerprint density at radius 3 is 2.57 bits per heavy atom. The Labute approximate surface area is 174 Å². The minimum atomic E-state index is -0.498. The molecule has 0 saturated carbocycles. The number of carbonyl (C=O) groups is 2. The Balaban J connectivity index is 1.51. The highest BCUT2D eigenvalue weighted by Crippen LogP contribution is 2.19. The summed E-state index contributed by atoms with van der Waals surface area (Å²) in [6, 6.07) is 14.3. The molecular weight excluding hydrogens is 384 g/mol. The molecule has 8 heteroatoms. The van der Waals surface area contributed by atoms with Crippen LogP contribution in [0.1, 0.15) is 41.2 Å². The van der Waals surface area contributed by atoms with Gasteiger partial charge in [-0.1, -0.05) is 29.8 Å². The molecule has 0 bridgehead atoms. The summed E-state index contributed by atoms with van der Waals surface area (Å²) in [6.07, 6.45) is 0. The van der Waals surface area contributed by atoms with Crippen LogP contribution in [-0.2, 0) is 17.9 Å². The lowest BCUT2D eigenvalue weighted by atomic mass is 10.1. The molecule has 1 aromatic heterocycles. The summed E-state index contributed by atoms with van der Waals surface area (Å²) in [5.41, 5.74) is 3.15.